The van der Waals surface area contributed by atoms with Crippen LogP contribution >= 0.6 is 11.8 Å². The Bertz CT molecular complexity index is 1110. The number of rotatable bonds is 5. The summed E-state index contributed by atoms with van der Waals surface area (Å²) < 4.78 is 1.93. The summed E-state index contributed by atoms with van der Waals surface area (Å²) >= 11 is 1.69. The molecule has 0 fully saturated rings. The van der Waals surface area contributed by atoms with Crippen molar-refractivity contribution in [2.24, 2.45) is 0 Å². The van der Waals surface area contributed by atoms with E-state index in [0.717, 1.165) is 28.4 Å². The summed E-state index contributed by atoms with van der Waals surface area (Å²) in [5, 5.41) is 12.4. The zero-order valence-corrected chi connectivity index (χ0v) is 15.3. The lowest BCUT2D eigenvalue weighted by Gasteiger charge is -2.09. The Morgan fingerprint density at radius 3 is 2.52 bits per heavy atom. The van der Waals surface area contributed by atoms with Crippen molar-refractivity contribution in [3.63, 3.8) is 0 Å². The van der Waals surface area contributed by atoms with Crippen LogP contribution in [-0.4, -0.2) is 31.7 Å². The van der Waals surface area contributed by atoms with Crippen molar-refractivity contribution in [2.75, 3.05) is 11.6 Å². The predicted molar refractivity (Wildman–Crippen MR) is 107 cm³/mol. The third-order valence-corrected chi connectivity index (χ3v) is 4.93. The molecule has 7 heteroatoms. The molecule has 2 aromatic carbocycles. The number of anilines is 2. The summed E-state index contributed by atoms with van der Waals surface area (Å²) in [6, 6.07) is 14.8. The molecule has 0 amide bonds. The standard InChI is InChI=1S/C20H16N4O2S/c1-27-16-8-4-13(5-9-16)18-19(24-11-10-21-12-17(24)23-18)22-15-6-2-14(3-7-15)20(25)26/h2-12,22H,1H3,(H,25,26). The van der Waals surface area contributed by atoms with E-state index < -0.39 is 5.97 Å². The van der Waals surface area contributed by atoms with Crippen LogP contribution in [0.3, 0.4) is 0 Å². The second kappa shape index (κ2) is 7.13. The van der Waals surface area contributed by atoms with Gasteiger partial charge in [-0.15, -0.1) is 11.8 Å². The maximum absolute atomic E-state index is 11.1. The van der Waals surface area contributed by atoms with Crippen LogP contribution in [-0.2, 0) is 0 Å². The van der Waals surface area contributed by atoms with Gasteiger partial charge >= 0.3 is 5.97 Å². The van der Waals surface area contributed by atoms with Crippen LogP contribution in [0.1, 0.15) is 10.4 Å². The number of imidazole rings is 1. The number of nitrogens with one attached hydrogen (secondary N) is 1. The number of hydrogen-bond donors (Lipinski definition) is 2. The van der Waals surface area contributed by atoms with Gasteiger partial charge < -0.3 is 10.4 Å². The lowest BCUT2D eigenvalue weighted by atomic mass is 10.1. The summed E-state index contributed by atoms with van der Waals surface area (Å²) in [6.45, 7) is 0. The van der Waals surface area contributed by atoms with Crippen molar-refractivity contribution >= 4 is 34.9 Å². The number of fused-ring (bicyclic) bond motifs is 1. The zero-order valence-electron chi connectivity index (χ0n) is 14.5. The third-order valence-electron chi connectivity index (χ3n) is 4.19. The molecule has 134 valence electrons. The fraction of sp³-hybridized carbons (Fsp3) is 0.0500. The number of nitrogens with zero attached hydrogens (tertiary/aromatic N) is 3. The van der Waals surface area contributed by atoms with Crippen molar-refractivity contribution in [1.29, 1.82) is 0 Å². The molecule has 0 aliphatic heterocycles. The van der Waals surface area contributed by atoms with Crippen molar-refractivity contribution in [1.82, 2.24) is 14.4 Å². The van der Waals surface area contributed by atoms with E-state index in [1.165, 1.54) is 4.90 Å². The number of aromatic carboxylic acids is 1. The maximum atomic E-state index is 11.1. The Kier molecular flexibility index (Phi) is 4.52. The SMILES string of the molecule is CSc1ccc(-c2nc3cnccn3c2Nc2ccc(C(=O)O)cc2)cc1. The average molecular weight is 376 g/mol. The van der Waals surface area contributed by atoms with Crippen LogP contribution in [0.15, 0.2) is 72.0 Å². The predicted octanol–water partition coefficient (Wildman–Crippen LogP) is 4.56. The van der Waals surface area contributed by atoms with E-state index in [9.17, 15) is 4.79 Å². The van der Waals surface area contributed by atoms with E-state index in [-0.39, 0.29) is 5.56 Å². The van der Waals surface area contributed by atoms with Gasteiger partial charge in [-0.3, -0.25) is 9.38 Å². The Morgan fingerprint density at radius 1 is 1.11 bits per heavy atom. The zero-order chi connectivity index (χ0) is 18.8. The van der Waals surface area contributed by atoms with E-state index >= 15 is 0 Å². The summed E-state index contributed by atoms with van der Waals surface area (Å²) in [5.74, 6) is -0.149. The van der Waals surface area contributed by atoms with Gasteiger partial charge in [-0.1, -0.05) is 12.1 Å². The summed E-state index contributed by atoms with van der Waals surface area (Å²) in [6.07, 6.45) is 7.29. The molecule has 0 unspecified atom stereocenters. The topological polar surface area (TPSA) is 79.5 Å². The van der Waals surface area contributed by atoms with Gasteiger partial charge in [0.2, 0.25) is 0 Å². The molecule has 4 aromatic rings. The lowest BCUT2D eigenvalue weighted by molar-refractivity contribution is 0.0697. The van der Waals surface area contributed by atoms with Gasteiger partial charge in [0, 0.05) is 28.5 Å². The molecule has 2 heterocycles. The second-order valence-electron chi connectivity index (χ2n) is 5.85. The molecule has 0 bridgehead atoms. The van der Waals surface area contributed by atoms with Gasteiger partial charge in [-0.2, -0.15) is 0 Å². The molecule has 2 N–H and O–H groups in total. The quantitative estimate of drug-likeness (QED) is 0.497. The molecule has 0 aliphatic carbocycles. The Labute approximate surface area is 159 Å². The number of aromatic nitrogens is 3. The van der Waals surface area contributed by atoms with Crippen molar-refractivity contribution in [3.8, 4) is 11.3 Å². The van der Waals surface area contributed by atoms with Gasteiger partial charge in [-0.05, 0) is 42.7 Å². The van der Waals surface area contributed by atoms with Gasteiger partial charge in [0.15, 0.2) is 5.65 Å². The highest BCUT2D eigenvalue weighted by Gasteiger charge is 2.15. The van der Waals surface area contributed by atoms with Crippen LogP contribution in [0.25, 0.3) is 16.9 Å². The molecule has 2 aromatic heterocycles. The number of thioether (sulfide) groups is 1. The summed E-state index contributed by atoms with van der Waals surface area (Å²) in [5.41, 5.74) is 3.54. The minimum absolute atomic E-state index is 0.246. The Morgan fingerprint density at radius 2 is 1.85 bits per heavy atom. The van der Waals surface area contributed by atoms with Crippen LogP contribution in [0, 0.1) is 0 Å². The smallest absolute Gasteiger partial charge is 0.335 e. The van der Waals surface area contributed by atoms with E-state index in [1.54, 1.807) is 48.4 Å². The maximum Gasteiger partial charge on any atom is 0.335 e. The minimum atomic E-state index is -0.947. The molecule has 6 nitrogen and oxygen atoms in total. The first-order valence-corrected chi connectivity index (χ1v) is 9.45. The molecular formula is C20H16N4O2S. The Hall–Kier alpha value is -3.32. The van der Waals surface area contributed by atoms with E-state index in [1.807, 2.05) is 29.0 Å². The molecule has 0 radical (unpaired) electrons. The molecular weight excluding hydrogens is 360 g/mol. The van der Waals surface area contributed by atoms with Gasteiger partial charge in [-0.25, -0.2) is 9.78 Å². The highest BCUT2D eigenvalue weighted by molar-refractivity contribution is 7.98. The van der Waals surface area contributed by atoms with E-state index in [4.69, 9.17) is 10.1 Å². The second-order valence-corrected chi connectivity index (χ2v) is 6.73. The van der Waals surface area contributed by atoms with Crippen LogP contribution in [0.5, 0.6) is 0 Å². The highest BCUT2D eigenvalue weighted by atomic mass is 32.2. The molecule has 0 aliphatic rings. The average Bonchev–Trinajstić information content (AvgIpc) is 3.07. The molecule has 0 spiro atoms. The third kappa shape index (κ3) is 3.37. The minimum Gasteiger partial charge on any atom is -0.478 e. The molecule has 0 atom stereocenters. The first-order valence-electron chi connectivity index (χ1n) is 8.22. The first-order chi connectivity index (χ1) is 13.2. The van der Waals surface area contributed by atoms with Crippen LogP contribution in [0.2, 0.25) is 0 Å². The van der Waals surface area contributed by atoms with Crippen molar-refractivity contribution < 1.29 is 9.90 Å². The van der Waals surface area contributed by atoms with E-state index in [2.05, 4.69) is 22.4 Å². The van der Waals surface area contributed by atoms with Gasteiger partial charge in [0.1, 0.15) is 11.5 Å². The van der Waals surface area contributed by atoms with Crippen LogP contribution < -0.4 is 5.32 Å². The first kappa shape index (κ1) is 17.1. The number of carboxylic acids is 1. The normalized spacial score (nSPS) is 10.9. The van der Waals surface area contributed by atoms with Crippen LogP contribution in [0.4, 0.5) is 11.5 Å². The fourth-order valence-electron chi connectivity index (χ4n) is 2.81. The number of benzene rings is 2. The molecule has 0 saturated carbocycles. The van der Waals surface area contributed by atoms with Crippen molar-refractivity contribution in [2.45, 2.75) is 4.90 Å². The number of carbonyl (C=O) groups is 1. The van der Waals surface area contributed by atoms with E-state index in [0.29, 0.717) is 0 Å². The summed E-state index contributed by atoms with van der Waals surface area (Å²) in [4.78, 5) is 21.1. The molecule has 4 rings (SSSR count). The number of hydrogen-bond acceptors (Lipinski definition) is 5. The molecule has 0 saturated heterocycles. The number of carboxylic acid groups (broad SMARTS) is 1. The highest BCUT2D eigenvalue weighted by Crippen LogP contribution is 2.32. The van der Waals surface area contributed by atoms with Gasteiger partial charge in [0.25, 0.3) is 0 Å². The molecule has 27 heavy (non-hydrogen) atoms. The monoisotopic (exact) mass is 376 g/mol. The summed E-state index contributed by atoms with van der Waals surface area (Å²) in [7, 11) is 0. The lowest BCUT2D eigenvalue weighted by Crippen LogP contribution is -1.99. The Balaban J connectivity index is 1.79. The van der Waals surface area contributed by atoms with Gasteiger partial charge in [0.05, 0.1) is 11.8 Å². The fourth-order valence-corrected chi connectivity index (χ4v) is 3.22. The van der Waals surface area contributed by atoms with Crippen molar-refractivity contribution in [3.05, 3.63) is 72.7 Å². The largest absolute Gasteiger partial charge is 0.478 e.